The lowest BCUT2D eigenvalue weighted by atomic mass is 10.1. The van der Waals surface area contributed by atoms with Crippen LogP contribution in [0.5, 0.6) is 0 Å². The van der Waals surface area contributed by atoms with E-state index >= 15 is 0 Å². The largest absolute Gasteiger partial charge is 0.342 e. The van der Waals surface area contributed by atoms with Crippen molar-refractivity contribution in [3.63, 3.8) is 0 Å². The average molecular weight is 493 g/mol. The standard InChI is InChI=1S/C25H40N4O4S/c1-3-27(4-2)25(31)21-26-15-8-16-28(20-19-26)24(30)14-11-22-9-12-23(13-10-22)34(32,33)29-17-6-5-7-18-29/h9-10,12-13H,3-8,11,14-21H2,1-2H3. The summed E-state index contributed by atoms with van der Waals surface area (Å²) >= 11 is 0. The molecular formula is C25H40N4O4S. The Balaban J connectivity index is 1.47. The first-order valence-electron chi connectivity index (χ1n) is 12.7. The highest BCUT2D eigenvalue weighted by molar-refractivity contribution is 7.89. The number of benzene rings is 1. The summed E-state index contributed by atoms with van der Waals surface area (Å²) in [6, 6.07) is 6.99. The molecule has 0 spiro atoms. The third-order valence-corrected chi connectivity index (χ3v) is 8.83. The van der Waals surface area contributed by atoms with Crippen molar-refractivity contribution in [1.82, 2.24) is 19.0 Å². The highest BCUT2D eigenvalue weighted by Crippen LogP contribution is 2.21. The number of hydrogen-bond donors (Lipinski definition) is 0. The molecule has 0 radical (unpaired) electrons. The predicted octanol–water partition coefficient (Wildman–Crippen LogP) is 2.20. The number of nitrogens with zero attached hydrogens (tertiary/aromatic N) is 4. The lowest BCUT2D eigenvalue weighted by Crippen LogP contribution is -2.42. The molecule has 2 heterocycles. The van der Waals surface area contributed by atoms with Crippen molar-refractivity contribution in [3.05, 3.63) is 29.8 Å². The van der Waals surface area contributed by atoms with Crippen molar-refractivity contribution < 1.29 is 18.0 Å². The van der Waals surface area contributed by atoms with Gasteiger partial charge in [-0.15, -0.1) is 0 Å². The topological polar surface area (TPSA) is 81.2 Å². The zero-order valence-corrected chi connectivity index (χ0v) is 21.6. The Bertz CT molecular complexity index is 909. The van der Waals surface area contributed by atoms with E-state index in [2.05, 4.69) is 4.90 Å². The number of rotatable bonds is 9. The van der Waals surface area contributed by atoms with Gasteiger partial charge >= 0.3 is 0 Å². The van der Waals surface area contributed by atoms with Crippen molar-refractivity contribution in [3.8, 4) is 0 Å². The van der Waals surface area contributed by atoms with E-state index in [1.807, 2.05) is 35.8 Å². The van der Waals surface area contributed by atoms with Crippen LogP contribution >= 0.6 is 0 Å². The summed E-state index contributed by atoms with van der Waals surface area (Å²) in [5, 5.41) is 0. The molecule has 9 heteroatoms. The normalized spacial score (nSPS) is 18.5. The monoisotopic (exact) mass is 492 g/mol. The number of amides is 2. The van der Waals surface area contributed by atoms with Gasteiger partial charge in [-0.25, -0.2) is 8.42 Å². The Morgan fingerprint density at radius 2 is 1.53 bits per heavy atom. The molecule has 1 aromatic rings. The molecule has 0 bridgehead atoms. The van der Waals surface area contributed by atoms with Crippen LogP contribution in [0.1, 0.15) is 51.5 Å². The summed E-state index contributed by atoms with van der Waals surface area (Å²) in [5.41, 5.74) is 0.965. The van der Waals surface area contributed by atoms with Crippen LogP contribution in [0, 0.1) is 0 Å². The van der Waals surface area contributed by atoms with Crippen LogP contribution in [0.2, 0.25) is 0 Å². The fraction of sp³-hybridized carbons (Fsp3) is 0.680. The second-order valence-corrected chi connectivity index (χ2v) is 11.1. The molecule has 8 nitrogen and oxygen atoms in total. The Labute approximate surface area is 204 Å². The van der Waals surface area contributed by atoms with Crippen molar-refractivity contribution in [1.29, 1.82) is 0 Å². The number of hydrogen-bond acceptors (Lipinski definition) is 5. The molecule has 2 saturated heterocycles. The van der Waals surface area contributed by atoms with Gasteiger partial charge in [0.05, 0.1) is 11.4 Å². The second kappa shape index (κ2) is 12.7. The van der Waals surface area contributed by atoms with E-state index in [1.54, 1.807) is 16.4 Å². The van der Waals surface area contributed by atoms with Crippen LogP contribution in [-0.4, -0.2) is 98.1 Å². The maximum Gasteiger partial charge on any atom is 0.243 e. The maximum absolute atomic E-state index is 12.8. The van der Waals surface area contributed by atoms with Gasteiger partial charge in [-0.3, -0.25) is 14.5 Å². The fourth-order valence-electron chi connectivity index (χ4n) is 4.74. The minimum Gasteiger partial charge on any atom is -0.342 e. The molecule has 1 aromatic carbocycles. The molecule has 0 N–H and O–H groups in total. The van der Waals surface area contributed by atoms with E-state index in [9.17, 15) is 18.0 Å². The summed E-state index contributed by atoms with van der Waals surface area (Å²) in [7, 11) is -3.43. The molecule has 34 heavy (non-hydrogen) atoms. The van der Waals surface area contributed by atoms with Crippen molar-refractivity contribution >= 4 is 21.8 Å². The summed E-state index contributed by atoms with van der Waals surface area (Å²) in [4.78, 5) is 31.4. The smallest absolute Gasteiger partial charge is 0.243 e. The van der Waals surface area contributed by atoms with E-state index in [0.717, 1.165) is 50.9 Å². The van der Waals surface area contributed by atoms with Crippen molar-refractivity contribution in [2.24, 2.45) is 0 Å². The van der Waals surface area contributed by atoms with E-state index in [0.29, 0.717) is 57.0 Å². The average Bonchev–Trinajstić information content (AvgIpc) is 3.09. The lowest BCUT2D eigenvalue weighted by molar-refractivity contribution is -0.132. The molecule has 0 aliphatic carbocycles. The van der Waals surface area contributed by atoms with E-state index in [-0.39, 0.29) is 11.8 Å². The molecular weight excluding hydrogens is 452 g/mol. The van der Waals surface area contributed by atoms with Crippen molar-refractivity contribution in [2.45, 2.75) is 57.3 Å². The fourth-order valence-corrected chi connectivity index (χ4v) is 6.25. The third kappa shape index (κ3) is 7.02. The predicted molar refractivity (Wildman–Crippen MR) is 133 cm³/mol. The second-order valence-electron chi connectivity index (χ2n) is 9.19. The van der Waals surface area contributed by atoms with Gasteiger partial charge < -0.3 is 9.80 Å². The number of carbonyl (C=O) groups excluding carboxylic acids is 2. The van der Waals surface area contributed by atoms with Crippen LogP contribution in [0.4, 0.5) is 0 Å². The van der Waals surface area contributed by atoms with Gasteiger partial charge in [0.15, 0.2) is 0 Å². The number of aryl methyl sites for hydroxylation is 1. The van der Waals surface area contributed by atoms with Gasteiger partial charge in [-0.1, -0.05) is 18.6 Å². The van der Waals surface area contributed by atoms with Gasteiger partial charge in [-0.05, 0) is 57.2 Å². The Morgan fingerprint density at radius 3 is 2.18 bits per heavy atom. The summed E-state index contributed by atoms with van der Waals surface area (Å²) in [5.74, 6) is 0.262. The van der Waals surface area contributed by atoms with E-state index in [4.69, 9.17) is 0 Å². The summed E-state index contributed by atoms with van der Waals surface area (Å²) < 4.78 is 27.2. The number of sulfonamides is 1. The molecule has 0 aromatic heterocycles. The van der Waals surface area contributed by atoms with Crippen molar-refractivity contribution in [2.75, 3.05) is 58.9 Å². The van der Waals surface area contributed by atoms with Crippen LogP contribution in [-0.2, 0) is 26.0 Å². The first-order valence-corrected chi connectivity index (χ1v) is 14.2. The summed E-state index contributed by atoms with van der Waals surface area (Å²) in [6.45, 7) is 9.90. The van der Waals surface area contributed by atoms with Gasteiger partial charge in [0.1, 0.15) is 0 Å². The molecule has 2 amide bonds. The SMILES string of the molecule is CCN(CC)C(=O)CN1CCCN(C(=O)CCc2ccc(S(=O)(=O)N3CCCCC3)cc2)CC1. The first-order chi connectivity index (χ1) is 16.3. The minimum atomic E-state index is -3.43. The third-order valence-electron chi connectivity index (χ3n) is 6.92. The molecule has 190 valence electrons. The van der Waals surface area contributed by atoms with Crippen LogP contribution in [0.3, 0.4) is 0 Å². The molecule has 0 saturated carbocycles. The minimum absolute atomic E-state index is 0.113. The quantitative estimate of drug-likeness (QED) is 0.528. The number of likely N-dealkylation sites (N-methyl/N-ethyl adjacent to an activating group) is 1. The van der Waals surface area contributed by atoms with Gasteiger partial charge in [0, 0.05) is 58.8 Å². The van der Waals surface area contributed by atoms with Crippen LogP contribution in [0.25, 0.3) is 0 Å². The maximum atomic E-state index is 12.8. The van der Waals surface area contributed by atoms with Crippen LogP contribution < -0.4 is 0 Å². The highest BCUT2D eigenvalue weighted by Gasteiger charge is 2.26. The van der Waals surface area contributed by atoms with Gasteiger partial charge in [-0.2, -0.15) is 4.31 Å². The van der Waals surface area contributed by atoms with E-state index < -0.39 is 10.0 Å². The van der Waals surface area contributed by atoms with E-state index in [1.165, 1.54) is 0 Å². The molecule has 3 rings (SSSR count). The molecule has 2 aliphatic heterocycles. The Morgan fingerprint density at radius 1 is 0.853 bits per heavy atom. The summed E-state index contributed by atoms with van der Waals surface area (Å²) in [6.07, 6.45) is 4.77. The van der Waals surface area contributed by atoms with Crippen LogP contribution in [0.15, 0.2) is 29.2 Å². The molecule has 0 unspecified atom stereocenters. The lowest BCUT2D eigenvalue weighted by Gasteiger charge is -2.26. The van der Waals surface area contributed by atoms with Gasteiger partial charge in [0.2, 0.25) is 21.8 Å². The number of carbonyl (C=O) groups is 2. The highest BCUT2D eigenvalue weighted by atomic mass is 32.2. The Kier molecular flexibility index (Phi) is 9.91. The number of piperidine rings is 1. The zero-order valence-electron chi connectivity index (χ0n) is 20.7. The molecule has 2 fully saturated rings. The molecule has 2 aliphatic rings. The first kappa shape index (κ1) is 26.6. The zero-order chi connectivity index (χ0) is 24.6. The Hall–Kier alpha value is -1.97. The van der Waals surface area contributed by atoms with Gasteiger partial charge in [0.25, 0.3) is 0 Å². The molecule has 0 atom stereocenters.